The van der Waals surface area contributed by atoms with Crippen LogP contribution in [0.2, 0.25) is 0 Å². The summed E-state index contributed by atoms with van der Waals surface area (Å²) in [6.07, 6.45) is 5.18. The molecule has 2 aliphatic carbocycles. The van der Waals surface area contributed by atoms with Crippen LogP contribution in [0.15, 0.2) is 27.4 Å². The van der Waals surface area contributed by atoms with Gasteiger partial charge in [-0.25, -0.2) is 0 Å². The Bertz CT molecular complexity index is 833. The molecule has 4 rings (SSSR count). The zero-order valence-corrected chi connectivity index (χ0v) is 13.9. The van der Waals surface area contributed by atoms with Gasteiger partial charge in [0.25, 0.3) is 11.5 Å². The highest BCUT2D eigenvalue weighted by molar-refractivity contribution is 5.93. The van der Waals surface area contributed by atoms with Gasteiger partial charge in [0.2, 0.25) is 0 Å². The van der Waals surface area contributed by atoms with Gasteiger partial charge in [-0.2, -0.15) is 0 Å². The molecule has 2 aromatic heterocycles. The number of hydrogen-bond acceptors (Lipinski definition) is 3. The number of hydrogen-bond donors (Lipinski definition) is 2. The normalized spacial score (nSPS) is 22.0. The molecule has 2 aromatic rings. The number of aromatic amines is 1. The lowest BCUT2D eigenvalue weighted by Crippen LogP contribution is -2.30. The van der Waals surface area contributed by atoms with Gasteiger partial charge in [0, 0.05) is 11.6 Å². The number of aromatic nitrogens is 1. The smallest absolute Gasteiger partial charge is 0.261 e. The lowest BCUT2D eigenvalue weighted by atomic mass is 9.95. The average molecular weight is 326 g/mol. The molecule has 1 saturated carbocycles. The van der Waals surface area contributed by atoms with E-state index < -0.39 is 0 Å². The molecule has 2 N–H and O–H groups in total. The van der Waals surface area contributed by atoms with Gasteiger partial charge in [0.1, 0.15) is 17.1 Å². The van der Waals surface area contributed by atoms with Crippen LogP contribution in [0.3, 0.4) is 0 Å². The van der Waals surface area contributed by atoms with Gasteiger partial charge in [-0.1, -0.05) is 6.92 Å². The summed E-state index contributed by atoms with van der Waals surface area (Å²) in [7, 11) is 0. The fraction of sp³-hybridized carbons (Fsp3) is 0.474. The quantitative estimate of drug-likeness (QED) is 0.907. The number of carbonyl (C=O) groups excluding carboxylic acids is 1. The molecule has 24 heavy (non-hydrogen) atoms. The minimum Gasteiger partial charge on any atom is -0.464 e. The van der Waals surface area contributed by atoms with Gasteiger partial charge in [0.15, 0.2) is 0 Å². The Kier molecular flexibility index (Phi) is 3.79. The van der Waals surface area contributed by atoms with Crippen molar-refractivity contribution in [3.8, 4) is 0 Å². The molecule has 0 radical (unpaired) electrons. The van der Waals surface area contributed by atoms with E-state index in [4.69, 9.17) is 4.42 Å². The lowest BCUT2D eigenvalue weighted by Gasteiger charge is -2.15. The Labute approximate surface area is 140 Å². The zero-order valence-electron chi connectivity index (χ0n) is 13.9. The maximum atomic E-state index is 12.4. The van der Waals surface area contributed by atoms with Crippen LogP contribution in [0.1, 0.15) is 65.2 Å². The van der Waals surface area contributed by atoms with Crippen LogP contribution < -0.4 is 10.9 Å². The minimum atomic E-state index is -0.345. The lowest BCUT2D eigenvalue weighted by molar-refractivity contribution is 0.0946. The van der Waals surface area contributed by atoms with Crippen molar-refractivity contribution in [3.05, 3.63) is 56.9 Å². The molecule has 0 aromatic carbocycles. The van der Waals surface area contributed by atoms with Crippen molar-refractivity contribution in [2.75, 3.05) is 0 Å². The van der Waals surface area contributed by atoms with E-state index in [-0.39, 0.29) is 17.0 Å². The molecule has 1 fully saturated rings. The summed E-state index contributed by atoms with van der Waals surface area (Å²) >= 11 is 0. The number of carbonyl (C=O) groups is 1. The van der Waals surface area contributed by atoms with E-state index in [0.29, 0.717) is 18.4 Å². The van der Waals surface area contributed by atoms with Crippen LogP contribution in [0, 0.1) is 5.92 Å². The first-order chi connectivity index (χ1) is 11.6. The average Bonchev–Trinajstić information content (AvgIpc) is 3.13. The fourth-order valence-corrected chi connectivity index (χ4v) is 3.51. The van der Waals surface area contributed by atoms with Crippen molar-refractivity contribution in [1.29, 1.82) is 0 Å². The number of H-pyrrole nitrogens is 1. The molecule has 0 spiro atoms. The number of furan rings is 1. The Morgan fingerprint density at radius 2 is 2.12 bits per heavy atom. The van der Waals surface area contributed by atoms with Crippen LogP contribution in [-0.2, 0) is 19.4 Å². The third-order valence-electron chi connectivity index (χ3n) is 5.16. The van der Waals surface area contributed by atoms with Crippen molar-refractivity contribution in [2.24, 2.45) is 5.92 Å². The summed E-state index contributed by atoms with van der Waals surface area (Å²) < 4.78 is 5.78. The Hall–Kier alpha value is -2.30. The van der Waals surface area contributed by atoms with Crippen molar-refractivity contribution in [2.45, 2.75) is 51.5 Å². The molecule has 5 nitrogen and oxygen atoms in total. The minimum absolute atomic E-state index is 0.193. The number of fused-ring (bicyclic) bond motifs is 1. The maximum Gasteiger partial charge on any atom is 0.261 e. The Morgan fingerprint density at radius 3 is 2.92 bits per heavy atom. The number of aryl methyl sites for hydroxylation is 2. The van der Waals surface area contributed by atoms with Crippen molar-refractivity contribution >= 4 is 5.91 Å². The molecule has 2 aliphatic rings. The second kappa shape index (κ2) is 5.96. The molecule has 5 heteroatoms. The predicted octanol–water partition coefficient (Wildman–Crippen LogP) is 2.90. The first-order valence-corrected chi connectivity index (χ1v) is 8.73. The highest BCUT2D eigenvalue weighted by atomic mass is 16.3. The first kappa shape index (κ1) is 15.2. The summed E-state index contributed by atoms with van der Waals surface area (Å²) in [5.41, 5.74) is 1.96. The third kappa shape index (κ3) is 2.90. The van der Waals surface area contributed by atoms with E-state index in [1.54, 1.807) is 6.07 Å². The summed E-state index contributed by atoms with van der Waals surface area (Å²) in [6.45, 7) is 2.51. The van der Waals surface area contributed by atoms with Gasteiger partial charge in [-0.15, -0.1) is 0 Å². The van der Waals surface area contributed by atoms with Gasteiger partial charge in [-0.3, -0.25) is 9.59 Å². The molecular weight excluding hydrogens is 304 g/mol. The van der Waals surface area contributed by atoms with Gasteiger partial charge >= 0.3 is 0 Å². The number of amides is 1. The van der Waals surface area contributed by atoms with Crippen LogP contribution in [0.4, 0.5) is 0 Å². The van der Waals surface area contributed by atoms with Gasteiger partial charge < -0.3 is 14.7 Å². The van der Waals surface area contributed by atoms with Gasteiger partial charge in [0.05, 0.1) is 6.54 Å². The SMILES string of the molecule is C[C@H]1C[C@@H]1c1ccc(CNC(=O)c2cc3c([nH]c2=O)CCCC3)o1. The van der Waals surface area contributed by atoms with E-state index in [0.717, 1.165) is 48.5 Å². The van der Waals surface area contributed by atoms with Crippen LogP contribution >= 0.6 is 0 Å². The summed E-state index contributed by atoms with van der Waals surface area (Å²) in [4.78, 5) is 27.4. The second-order valence-corrected chi connectivity index (χ2v) is 7.03. The van der Waals surface area contributed by atoms with Crippen LogP contribution in [-0.4, -0.2) is 10.9 Å². The van der Waals surface area contributed by atoms with E-state index >= 15 is 0 Å². The fourth-order valence-electron chi connectivity index (χ4n) is 3.51. The molecular formula is C19H22N2O3. The van der Waals surface area contributed by atoms with Gasteiger partial charge in [-0.05, 0) is 61.8 Å². The number of nitrogens with one attached hydrogen (secondary N) is 2. The van der Waals surface area contributed by atoms with E-state index in [1.807, 2.05) is 12.1 Å². The first-order valence-electron chi connectivity index (χ1n) is 8.73. The third-order valence-corrected chi connectivity index (χ3v) is 5.16. The number of pyridine rings is 1. The highest BCUT2D eigenvalue weighted by Gasteiger charge is 2.36. The van der Waals surface area contributed by atoms with E-state index in [9.17, 15) is 9.59 Å². The molecule has 0 unspecified atom stereocenters. The predicted molar refractivity (Wildman–Crippen MR) is 90.1 cm³/mol. The molecule has 0 aliphatic heterocycles. The van der Waals surface area contributed by atoms with E-state index in [2.05, 4.69) is 17.2 Å². The summed E-state index contributed by atoms with van der Waals surface area (Å²) in [5, 5.41) is 2.79. The van der Waals surface area contributed by atoms with Crippen LogP contribution in [0.25, 0.3) is 0 Å². The molecule has 2 atom stereocenters. The van der Waals surface area contributed by atoms with E-state index in [1.165, 1.54) is 6.42 Å². The molecule has 1 amide bonds. The summed E-state index contributed by atoms with van der Waals surface area (Å²) in [5.74, 6) is 2.60. The summed E-state index contributed by atoms with van der Waals surface area (Å²) in [6, 6.07) is 5.64. The standard InChI is InChI=1S/C19H22N2O3/c1-11-8-14(11)17-7-6-13(24-17)10-20-18(22)15-9-12-4-2-3-5-16(12)21-19(15)23/h6-7,9,11,14H,2-5,8,10H2,1H3,(H,20,22)(H,21,23)/t11-,14-/m0/s1. The Morgan fingerprint density at radius 1 is 1.33 bits per heavy atom. The molecule has 0 saturated heterocycles. The molecule has 2 heterocycles. The van der Waals surface area contributed by atoms with Crippen molar-refractivity contribution in [1.82, 2.24) is 10.3 Å². The van der Waals surface area contributed by atoms with Crippen LogP contribution in [0.5, 0.6) is 0 Å². The van der Waals surface area contributed by atoms with Crippen molar-refractivity contribution in [3.63, 3.8) is 0 Å². The zero-order chi connectivity index (χ0) is 16.7. The van der Waals surface area contributed by atoms with Crippen molar-refractivity contribution < 1.29 is 9.21 Å². The largest absolute Gasteiger partial charge is 0.464 e. The topological polar surface area (TPSA) is 75.1 Å². The molecule has 126 valence electrons. The molecule has 0 bridgehead atoms. The second-order valence-electron chi connectivity index (χ2n) is 7.03. The highest BCUT2D eigenvalue weighted by Crippen LogP contribution is 2.47. The number of rotatable bonds is 4. The maximum absolute atomic E-state index is 12.4. The monoisotopic (exact) mass is 326 g/mol. The Balaban J connectivity index is 1.44.